The van der Waals surface area contributed by atoms with E-state index in [1.807, 2.05) is 25.2 Å². The maximum atomic E-state index is 10.8. The minimum atomic E-state index is 0.425. The lowest BCUT2D eigenvalue weighted by molar-refractivity contribution is 1.21. The van der Waals surface area contributed by atoms with Crippen LogP contribution >= 0.6 is 0 Å². The molecule has 0 heterocycles. The summed E-state index contributed by atoms with van der Waals surface area (Å²) >= 11 is 0. The number of anilines is 5. The molecule has 0 aliphatic carbocycles. The van der Waals surface area contributed by atoms with Crippen molar-refractivity contribution in [1.82, 2.24) is 0 Å². The SMILES string of the molecule is CN(c1ccc(N=O)cc1)c1ccc(-c2ccc(N(c3ccc(-c4ccccc4)cc3)c3cccc4ccccc34)cc2)cc1. The monoisotopic (exact) mass is 581 g/mol. The third-order valence-electron chi connectivity index (χ3n) is 8.30. The van der Waals surface area contributed by atoms with E-state index in [1.165, 1.54) is 21.9 Å². The van der Waals surface area contributed by atoms with Crippen molar-refractivity contribution in [3.8, 4) is 22.3 Å². The largest absolute Gasteiger partial charge is 0.345 e. The Morgan fingerprint density at radius 1 is 0.422 bits per heavy atom. The molecule has 7 aromatic carbocycles. The highest BCUT2D eigenvalue weighted by molar-refractivity contribution is 5.99. The number of hydrogen-bond donors (Lipinski definition) is 0. The molecule has 0 fully saturated rings. The first kappa shape index (κ1) is 27.8. The summed E-state index contributed by atoms with van der Waals surface area (Å²) < 4.78 is 0. The van der Waals surface area contributed by atoms with Crippen molar-refractivity contribution >= 4 is 44.9 Å². The molecule has 0 spiro atoms. The fourth-order valence-electron chi connectivity index (χ4n) is 5.83. The molecule has 0 saturated carbocycles. The van der Waals surface area contributed by atoms with Gasteiger partial charge in [-0.3, -0.25) is 0 Å². The number of hydrogen-bond acceptors (Lipinski definition) is 4. The highest BCUT2D eigenvalue weighted by Gasteiger charge is 2.16. The molecule has 0 atom stereocenters. The quantitative estimate of drug-likeness (QED) is 0.167. The van der Waals surface area contributed by atoms with Crippen LogP contribution in [0, 0.1) is 4.91 Å². The zero-order valence-electron chi connectivity index (χ0n) is 24.9. The zero-order chi connectivity index (χ0) is 30.6. The van der Waals surface area contributed by atoms with E-state index in [0.717, 1.165) is 39.6 Å². The summed E-state index contributed by atoms with van der Waals surface area (Å²) in [5.41, 5.74) is 10.5. The molecule has 4 heteroatoms. The van der Waals surface area contributed by atoms with Crippen LogP contribution in [-0.4, -0.2) is 7.05 Å². The number of fused-ring (bicyclic) bond motifs is 1. The average molecular weight is 582 g/mol. The summed E-state index contributed by atoms with van der Waals surface area (Å²) in [6, 6.07) is 58.9. The molecule has 0 aromatic heterocycles. The molecule has 7 rings (SSSR count). The highest BCUT2D eigenvalue weighted by atomic mass is 16.3. The van der Waals surface area contributed by atoms with Crippen molar-refractivity contribution in [2.45, 2.75) is 0 Å². The van der Waals surface area contributed by atoms with Crippen LogP contribution in [0.2, 0.25) is 0 Å². The summed E-state index contributed by atoms with van der Waals surface area (Å²) in [4.78, 5) is 15.2. The van der Waals surface area contributed by atoms with Crippen molar-refractivity contribution in [2.24, 2.45) is 5.18 Å². The molecule has 45 heavy (non-hydrogen) atoms. The van der Waals surface area contributed by atoms with E-state index in [-0.39, 0.29) is 0 Å². The third-order valence-corrected chi connectivity index (χ3v) is 8.30. The molecule has 0 aliphatic rings. The minimum absolute atomic E-state index is 0.425. The molecule has 0 saturated heterocycles. The molecular weight excluding hydrogens is 550 g/mol. The Morgan fingerprint density at radius 2 is 0.867 bits per heavy atom. The van der Waals surface area contributed by atoms with E-state index in [9.17, 15) is 4.91 Å². The number of nitroso groups, excluding NO2 is 1. The molecule has 4 nitrogen and oxygen atoms in total. The lowest BCUT2D eigenvalue weighted by atomic mass is 10.0. The van der Waals surface area contributed by atoms with Crippen molar-refractivity contribution < 1.29 is 0 Å². The molecule has 0 radical (unpaired) electrons. The first-order chi connectivity index (χ1) is 22.2. The lowest BCUT2D eigenvalue weighted by Crippen LogP contribution is -2.10. The second-order valence-electron chi connectivity index (χ2n) is 11.0. The van der Waals surface area contributed by atoms with Gasteiger partial charge in [-0.15, -0.1) is 4.91 Å². The molecule has 0 N–H and O–H groups in total. The van der Waals surface area contributed by atoms with Gasteiger partial charge >= 0.3 is 0 Å². The molecular formula is C41H31N3O. The van der Waals surface area contributed by atoms with E-state index in [4.69, 9.17) is 0 Å². The van der Waals surface area contributed by atoms with Crippen LogP contribution in [0.4, 0.5) is 34.1 Å². The van der Waals surface area contributed by atoms with Crippen LogP contribution in [0.1, 0.15) is 0 Å². The van der Waals surface area contributed by atoms with Gasteiger partial charge in [0.25, 0.3) is 0 Å². The van der Waals surface area contributed by atoms with Crippen molar-refractivity contribution in [3.05, 3.63) is 175 Å². The van der Waals surface area contributed by atoms with Gasteiger partial charge in [0.05, 0.1) is 5.69 Å². The Kier molecular flexibility index (Phi) is 7.61. The average Bonchev–Trinajstić information content (AvgIpc) is 3.13. The van der Waals surface area contributed by atoms with Gasteiger partial charge in [-0.1, -0.05) is 103 Å². The molecule has 0 amide bonds. The summed E-state index contributed by atoms with van der Waals surface area (Å²) in [5, 5.41) is 5.41. The molecule has 0 aliphatic heterocycles. The minimum Gasteiger partial charge on any atom is -0.345 e. The number of rotatable bonds is 8. The van der Waals surface area contributed by atoms with Crippen LogP contribution in [0.5, 0.6) is 0 Å². The van der Waals surface area contributed by atoms with Gasteiger partial charge in [0.2, 0.25) is 0 Å². The van der Waals surface area contributed by atoms with E-state index >= 15 is 0 Å². The summed E-state index contributed by atoms with van der Waals surface area (Å²) in [6.07, 6.45) is 0. The zero-order valence-corrected chi connectivity index (χ0v) is 24.9. The summed E-state index contributed by atoms with van der Waals surface area (Å²) in [5.74, 6) is 0. The van der Waals surface area contributed by atoms with Gasteiger partial charge in [0.1, 0.15) is 5.69 Å². The Balaban J connectivity index is 1.21. The smallest absolute Gasteiger partial charge is 0.108 e. The van der Waals surface area contributed by atoms with Crippen LogP contribution in [0.15, 0.2) is 175 Å². The second-order valence-corrected chi connectivity index (χ2v) is 11.0. The standard InChI is InChI=1S/C41H31N3O/c1-43(37-28-20-35(42-45)21-29-37)36-22-14-32(15-23-36)33-18-26-39(27-19-33)44(41-13-7-11-34-10-5-6-12-40(34)41)38-24-16-31(17-25-38)30-8-3-2-4-9-30/h2-29H,1H3. The van der Waals surface area contributed by atoms with Crippen molar-refractivity contribution in [2.75, 3.05) is 16.8 Å². The Morgan fingerprint density at radius 3 is 1.42 bits per heavy atom. The topological polar surface area (TPSA) is 35.9 Å². The first-order valence-corrected chi connectivity index (χ1v) is 15.0. The Labute approximate surface area is 263 Å². The maximum absolute atomic E-state index is 10.8. The van der Waals surface area contributed by atoms with Crippen molar-refractivity contribution in [3.63, 3.8) is 0 Å². The lowest BCUT2D eigenvalue weighted by Gasteiger charge is -2.27. The predicted octanol–water partition coefficient (Wildman–Crippen LogP) is 11.8. The van der Waals surface area contributed by atoms with Gasteiger partial charge in [-0.05, 0) is 99.5 Å². The third kappa shape index (κ3) is 5.69. The first-order valence-electron chi connectivity index (χ1n) is 15.0. The fourth-order valence-corrected chi connectivity index (χ4v) is 5.83. The van der Waals surface area contributed by atoms with E-state index in [0.29, 0.717) is 5.69 Å². The van der Waals surface area contributed by atoms with Crippen molar-refractivity contribution in [1.29, 1.82) is 0 Å². The van der Waals surface area contributed by atoms with E-state index < -0.39 is 0 Å². The molecule has 7 aromatic rings. The maximum Gasteiger partial charge on any atom is 0.108 e. The fraction of sp³-hybridized carbons (Fsp3) is 0.0244. The van der Waals surface area contributed by atoms with Gasteiger partial charge in [0, 0.05) is 35.2 Å². The van der Waals surface area contributed by atoms with E-state index in [1.54, 1.807) is 12.1 Å². The Hall–Kier alpha value is -6.00. The van der Waals surface area contributed by atoms with Gasteiger partial charge in [-0.25, -0.2) is 0 Å². The normalized spacial score (nSPS) is 10.9. The van der Waals surface area contributed by atoms with Crippen LogP contribution < -0.4 is 9.80 Å². The van der Waals surface area contributed by atoms with E-state index in [2.05, 4.69) is 155 Å². The molecule has 0 unspecified atom stereocenters. The number of benzene rings is 7. The van der Waals surface area contributed by atoms with Gasteiger partial charge < -0.3 is 9.80 Å². The van der Waals surface area contributed by atoms with Gasteiger partial charge in [-0.2, -0.15) is 0 Å². The van der Waals surface area contributed by atoms with Gasteiger partial charge in [0.15, 0.2) is 0 Å². The van der Waals surface area contributed by atoms with Crippen LogP contribution in [0.25, 0.3) is 33.0 Å². The second kappa shape index (κ2) is 12.3. The number of nitrogens with zero attached hydrogens (tertiary/aromatic N) is 3. The molecule has 0 bridgehead atoms. The van der Waals surface area contributed by atoms with Crippen LogP contribution in [0.3, 0.4) is 0 Å². The Bertz CT molecular complexity index is 2050. The summed E-state index contributed by atoms with van der Waals surface area (Å²) in [7, 11) is 2.02. The van der Waals surface area contributed by atoms with Crippen LogP contribution in [-0.2, 0) is 0 Å². The predicted molar refractivity (Wildman–Crippen MR) is 189 cm³/mol. The highest BCUT2D eigenvalue weighted by Crippen LogP contribution is 2.40. The summed E-state index contributed by atoms with van der Waals surface area (Å²) in [6.45, 7) is 0. The molecule has 216 valence electrons.